The molecule has 0 bridgehead atoms. The van der Waals surface area contributed by atoms with E-state index in [1.165, 1.54) is 0 Å². The van der Waals surface area contributed by atoms with Gasteiger partial charge in [0.05, 0.1) is 43.3 Å². The van der Waals surface area contributed by atoms with Gasteiger partial charge in [-0.05, 0) is 46.4 Å². The highest BCUT2D eigenvalue weighted by Crippen LogP contribution is 2.34. The average Bonchev–Trinajstić information content (AvgIpc) is 2.98. The normalized spacial score (nSPS) is 16.0. The lowest BCUT2D eigenvalue weighted by Crippen LogP contribution is -2.39. The van der Waals surface area contributed by atoms with Gasteiger partial charge >= 0.3 is 0 Å². The second kappa shape index (κ2) is 13.5. The van der Waals surface area contributed by atoms with Crippen LogP contribution in [0, 0.1) is 3.57 Å². The van der Waals surface area contributed by atoms with Gasteiger partial charge in [-0.1, -0.05) is 29.8 Å². The van der Waals surface area contributed by atoms with Crippen LogP contribution in [0.1, 0.15) is 11.1 Å². The number of morpholine rings is 2. The van der Waals surface area contributed by atoms with Gasteiger partial charge in [0, 0.05) is 42.8 Å². The minimum Gasteiger partial charge on any atom is -0.493 e. The molecule has 5 rings (SSSR count). The highest BCUT2D eigenvalue weighted by Gasteiger charge is 2.19. The maximum atomic E-state index is 6.28. The Morgan fingerprint density at radius 3 is 2.46 bits per heavy atom. The molecule has 2 saturated heterocycles. The van der Waals surface area contributed by atoms with Crippen LogP contribution in [0.5, 0.6) is 11.5 Å². The maximum Gasteiger partial charge on any atom is 0.229 e. The van der Waals surface area contributed by atoms with E-state index in [2.05, 4.69) is 42.9 Å². The zero-order valence-corrected chi connectivity index (χ0v) is 24.5. The standard InChI is InChI=1S/C27H30ClIN6O4/c1-36-23-15-19(14-22(29)26(23)39-18-20-4-2-3-5-21(20)28)17-30-33-24-16-25(34-6-10-37-11-7-34)32-27(31-24)35-8-12-38-13-9-35/h2-5,14-17H,6-13,18H2,1H3,(H,31,32,33)/b30-17+. The Bertz CT molecular complexity index is 1270. The Hall–Kier alpha value is -2.87. The minimum atomic E-state index is 0.339. The zero-order valence-electron chi connectivity index (χ0n) is 21.6. The molecule has 3 aromatic rings. The van der Waals surface area contributed by atoms with Gasteiger partial charge in [-0.15, -0.1) is 0 Å². The summed E-state index contributed by atoms with van der Waals surface area (Å²) in [5.74, 6) is 3.40. The molecule has 12 heteroatoms. The fourth-order valence-electron chi connectivity index (χ4n) is 4.23. The summed E-state index contributed by atoms with van der Waals surface area (Å²) in [6.07, 6.45) is 1.73. The highest BCUT2D eigenvalue weighted by atomic mass is 127. The first kappa shape index (κ1) is 27.7. The fourth-order valence-corrected chi connectivity index (χ4v) is 5.20. The molecule has 0 amide bonds. The minimum absolute atomic E-state index is 0.339. The maximum absolute atomic E-state index is 6.28. The molecule has 2 fully saturated rings. The first-order valence-electron chi connectivity index (χ1n) is 12.7. The van der Waals surface area contributed by atoms with Crippen molar-refractivity contribution in [2.45, 2.75) is 6.61 Å². The number of hydrazone groups is 1. The molecule has 0 unspecified atom stereocenters. The monoisotopic (exact) mass is 664 g/mol. The van der Waals surface area contributed by atoms with E-state index in [-0.39, 0.29) is 0 Å². The molecule has 0 spiro atoms. The third-order valence-electron chi connectivity index (χ3n) is 6.30. The number of benzene rings is 2. The second-order valence-corrected chi connectivity index (χ2v) is 10.5. The van der Waals surface area contributed by atoms with Gasteiger partial charge in [0.15, 0.2) is 17.3 Å². The number of ether oxygens (including phenoxy) is 4. The molecule has 3 heterocycles. The van der Waals surface area contributed by atoms with E-state index < -0.39 is 0 Å². The van der Waals surface area contributed by atoms with Crippen molar-refractivity contribution in [1.29, 1.82) is 0 Å². The zero-order chi connectivity index (χ0) is 27.0. The summed E-state index contributed by atoms with van der Waals surface area (Å²) < 4.78 is 23.6. The molecule has 1 aromatic heterocycles. The van der Waals surface area contributed by atoms with E-state index in [1.807, 2.05) is 42.5 Å². The van der Waals surface area contributed by atoms with Crippen LogP contribution in [-0.2, 0) is 16.1 Å². The Morgan fingerprint density at radius 2 is 1.74 bits per heavy atom. The summed E-state index contributed by atoms with van der Waals surface area (Å²) in [6.45, 7) is 6.07. The fraction of sp³-hybridized carbons (Fsp3) is 0.370. The van der Waals surface area contributed by atoms with Crippen molar-refractivity contribution in [3.8, 4) is 11.5 Å². The predicted octanol–water partition coefficient (Wildman–Crippen LogP) is 4.44. The third-order valence-corrected chi connectivity index (χ3v) is 7.47. The molecule has 2 aliphatic heterocycles. The summed E-state index contributed by atoms with van der Waals surface area (Å²) in [7, 11) is 1.62. The van der Waals surface area contributed by atoms with Gasteiger partial charge in [0.1, 0.15) is 12.4 Å². The summed E-state index contributed by atoms with van der Waals surface area (Å²) in [5.41, 5.74) is 4.85. The Kier molecular flexibility index (Phi) is 9.56. The van der Waals surface area contributed by atoms with Crippen LogP contribution in [0.15, 0.2) is 47.6 Å². The summed E-state index contributed by atoms with van der Waals surface area (Å²) in [5, 5.41) is 5.13. The summed E-state index contributed by atoms with van der Waals surface area (Å²) in [4.78, 5) is 13.9. The largest absolute Gasteiger partial charge is 0.493 e. The number of aromatic nitrogens is 2. The van der Waals surface area contributed by atoms with Crippen molar-refractivity contribution >= 4 is 58.0 Å². The van der Waals surface area contributed by atoms with E-state index >= 15 is 0 Å². The molecule has 0 radical (unpaired) electrons. The lowest BCUT2D eigenvalue weighted by molar-refractivity contribution is 0.121. The van der Waals surface area contributed by atoms with Crippen LogP contribution in [-0.4, -0.2) is 75.9 Å². The van der Waals surface area contributed by atoms with Gasteiger partial charge < -0.3 is 28.7 Å². The number of nitrogens with one attached hydrogen (secondary N) is 1. The van der Waals surface area contributed by atoms with Gasteiger partial charge in [-0.3, -0.25) is 5.43 Å². The van der Waals surface area contributed by atoms with Crippen molar-refractivity contribution in [2.24, 2.45) is 5.10 Å². The van der Waals surface area contributed by atoms with Crippen LogP contribution in [0.2, 0.25) is 5.02 Å². The van der Waals surface area contributed by atoms with E-state index in [0.29, 0.717) is 61.3 Å². The molecular formula is C27H30ClIN6O4. The first-order valence-corrected chi connectivity index (χ1v) is 14.1. The number of hydrogen-bond acceptors (Lipinski definition) is 10. The molecule has 0 atom stereocenters. The number of methoxy groups -OCH3 is 1. The van der Waals surface area contributed by atoms with Crippen molar-refractivity contribution < 1.29 is 18.9 Å². The van der Waals surface area contributed by atoms with E-state index in [0.717, 1.165) is 46.7 Å². The van der Waals surface area contributed by atoms with Gasteiger partial charge in [-0.2, -0.15) is 15.1 Å². The molecule has 2 aromatic carbocycles. The SMILES string of the molecule is COc1cc(/C=N/Nc2cc(N3CCOCC3)nc(N3CCOCC3)n2)cc(I)c1OCc1ccccc1Cl. The number of halogens is 2. The summed E-state index contributed by atoms with van der Waals surface area (Å²) >= 11 is 8.52. The molecule has 10 nitrogen and oxygen atoms in total. The quantitative estimate of drug-likeness (QED) is 0.203. The van der Waals surface area contributed by atoms with Crippen LogP contribution in [0.4, 0.5) is 17.6 Å². The van der Waals surface area contributed by atoms with Crippen molar-refractivity contribution in [3.05, 3.63) is 62.2 Å². The van der Waals surface area contributed by atoms with E-state index in [1.54, 1.807) is 13.3 Å². The smallest absolute Gasteiger partial charge is 0.229 e. The van der Waals surface area contributed by atoms with Crippen molar-refractivity contribution in [2.75, 3.05) is 74.9 Å². The Balaban J connectivity index is 1.32. The molecule has 2 aliphatic rings. The van der Waals surface area contributed by atoms with E-state index in [4.69, 9.17) is 40.5 Å². The number of nitrogens with zero attached hydrogens (tertiary/aromatic N) is 5. The number of rotatable bonds is 9. The van der Waals surface area contributed by atoms with Gasteiger partial charge in [-0.25, -0.2) is 0 Å². The third kappa shape index (κ3) is 7.21. The lowest BCUT2D eigenvalue weighted by Gasteiger charge is -2.31. The molecule has 0 aliphatic carbocycles. The topological polar surface area (TPSA) is 93.6 Å². The Morgan fingerprint density at radius 1 is 1.03 bits per heavy atom. The van der Waals surface area contributed by atoms with Crippen LogP contribution >= 0.6 is 34.2 Å². The molecular weight excluding hydrogens is 635 g/mol. The predicted molar refractivity (Wildman–Crippen MR) is 161 cm³/mol. The molecule has 206 valence electrons. The Labute approximate surface area is 246 Å². The van der Waals surface area contributed by atoms with Crippen molar-refractivity contribution in [3.63, 3.8) is 0 Å². The second-order valence-electron chi connectivity index (χ2n) is 8.89. The number of anilines is 3. The number of hydrogen-bond donors (Lipinski definition) is 1. The highest BCUT2D eigenvalue weighted by molar-refractivity contribution is 14.1. The van der Waals surface area contributed by atoms with Gasteiger partial charge in [0.25, 0.3) is 0 Å². The van der Waals surface area contributed by atoms with Crippen molar-refractivity contribution in [1.82, 2.24) is 9.97 Å². The van der Waals surface area contributed by atoms with Crippen LogP contribution < -0.4 is 24.7 Å². The van der Waals surface area contributed by atoms with Crippen LogP contribution in [0.3, 0.4) is 0 Å². The molecule has 0 saturated carbocycles. The molecule has 1 N–H and O–H groups in total. The summed E-state index contributed by atoms with van der Waals surface area (Å²) in [6, 6.07) is 13.4. The lowest BCUT2D eigenvalue weighted by atomic mass is 10.2. The first-order chi connectivity index (χ1) is 19.1. The molecule has 39 heavy (non-hydrogen) atoms. The van der Waals surface area contributed by atoms with Crippen LogP contribution in [0.25, 0.3) is 0 Å². The average molecular weight is 665 g/mol. The van der Waals surface area contributed by atoms with E-state index in [9.17, 15) is 0 Å². The van der Waals surface area contributed by atoms with Gasteiger partial charge in [0.2, 0.25) is 5.95 Å².